The van der Waals surface area contributed by atoms with Crippen molar-refractivity contribution in [2.45, 2.75) is 6.61 Å². The molecule has 0 heterocycles. The minimum Gasteiger partial charge on any atom is -0.457 e. The molecule has 0 saturated carbocycles. The van der Waals surface area contributed by atoms with E-state index in [9.17, 15) is 9.18 Å². The highest BCUT2D eigenvalue weighted by Gasteiger charge is 2.13. The van der Waals surface area contributed by atoms with Crippen LogP contribution < -0.4 is 5.73 Å². The SMILES string of the molecule is Nc1cc(C(=O)OCc2ccc(Cl)c(F)c2)cc(Cl)c1Cl. The van der Waals surface area contributed by atoms with Crippen LogP contribution in [-0.2, 0) is 11.3 Å². The molecular weight excluding hydrogens is 340 g/mol. The molecule has 0 fully saturated rings. The van der Waals surface area contributed by atoms with Crippen molar-refractivity contribution in [3.63, 3.8) is 0 Å². The number of halogens is 4. The Hall–Kier alpha value is -1.49. The fourth-order valence-corrected chi connectivity index (χ4v) is 2.04. The number of carbonyl (C=O) groups excluding carboxylic acids is 1. The molecule has 2 aromatic rings. The van der Waals surface area contributed by atoms with Gasteiger partial charge in [0.1, 0.15) is 12.4 Å². The molecule has 7 heteroatoms. The zero-order valence-corrected chi connectivity index (χ0v) is 12.8. The summed E-state index contributed by atoms with van der Waals surface area (Å²) in [7, 11) is 0. The van der Waals surface area contributed by atoms with Gasteiger partial charge in [-0.25, -0.2) is 9.18 Å². The van der Waals surface area contributed by atoms with E-state index in [-0.39, 0.29) is 32.9 Å². The number of rotatable bonds is 3. The lowest BCUT2D eigenvalue weighted by Gasteiger charge is -2.08. The van der Waals surface area contributed by atoms with E-state index in [1.165, 1.54) is 24.3 Å². The fraction of sp³-hybridized carbons (Fsp3) is 0.0714. The van der Waals surface area contributed by atoms with Crippen LogP contribution in [0.5, 0.6) is 0 Å². The van der Waals surface area contributed by atoms with Gasteiger partial charge in [0.05, 0.1) is 26.3 Å². The molecule has 0 unspecified atom stereocenters. The lowest BCUT2D eigenvalue weighted by Crippen LogP contribution is -2.06. The highest BCUT2D eigenvalue weighted by atomic mass is 35.5. The van der Waals surface area contributed by atoms with Crippen LogP contribution in [0, 0.1) is 5.82 Å². The Bertz CT molecular complexity index is 684. The number of hydrogen-bond donors (Lipinski definition) is 1. The van der Waals surface area contributed by atoms with E-state index in [0.29, 0.717) is 5.56 Å². The summed E-state index contributed by atoms with van der Waals surface area (Å²) in [5.74, 6) is -1.22. The summed E-state index contributed by atoms with van der Waals surface area (Å²) in [4.78, 5) is 11.9. The van der Waals surface area contributed by atoms with Gasteiger partial charge in [0.25, 0.3) is 0 Å². The quantitative estimate of drug-likeness (QED) is 0.644. The molecule has 0 aromatic heterocycles. The van der Waals surface area contributed by atoms with E-state index in [1.807, 2.05) is 0 Å². The first-order chi connectivity index (χ1) is 9.88. The molecule has 3 nitrogen and oxygen atoms in total. The average molecular weight is 349 g/mol. The third-order valence-electron chi connectivity index (χ3n) is 2.65. The second-order valence-corrected chi connectivity index (χ2v) is 5.38. The minimum absolute atomic E-state index is 0.00216. The molecule has 2 aromatic carbocycles. The first kappa shape index (κ1) is 15.9. The summed E-state index contributed by atoms with van der Waals surface area (Å²) in [5.41, 5.74) is 6.42. The molecule has 21 heavy (non-hydrogen) atoms. The minimum atomic E-state index is -0.643. The van der Waals surface area contributed by atoms with Crippen molar-refractivity contribution in [3.05, 3.63) is 62.3 Å². The van der Waals surface area contributed by atoms with E-state index in [2.05, 4.69) is 0 Å². The number of benzene rings is 2. The fourth-order valence-electron chi connectivity index (χ4n) is 1.59. The van der Waals surface area contributed by atoms with Gasteiger partial charge in [-0.3, -0.25) is 0 Å². The Labute approximate surface area is 135 Å². The summed E-state index contributed by atoms with van der Waals surface area (Å²) in [6.45, 7) is -0.104. The van der Waals surface area contributed by atoms with Gasteiger partial charge in [-0.2, -0.15) is 0 Å². The van der Waals surface area contributed by atoms with Crippen molar-refractivity contribution >= 4 is 46.5 Å². The number of nitrogen functional groups attached to an aromatic ring is 1. The number of hydrogen-bond acceptors (Lipinski definition) is 3. The summed E-state index contributed by atoms with van der Waals surface area (Å²) in [6, 6.07) is 6.85. The van der Waals surface area contributed by atoms with Crippen LogP contribution in [0.2, 0.25) is 15.1 Å². The Morgan fingerprint density at radius 3 is 2.48 bits per heavy atom. The number of esters is 1. The first-order valence-electron chi connectivity index (χ1n) is 5.74. The van der Waals surface area contributed by atoms with E-state index in [0.717, 1.165) is 0 Å². The van der Waals surface area contributed by atoms with Crippen LogP contribution in [0.25, 0.3) is 0 Å². The monoisotopic (exact) mass is 347 g/mol. The zero-order valence-electron chi connectivity index (χ0n) is 10.5. The molecule has 0 spiro atoms. The molecule has 0 bridgehead atoms. The van der Waals surface area contributed by atoms with Gasteiger partial charge in [0.2, 0.25) is 0 Å². The van der Waals surface area contributed by atoms with Crippen LogP contribution in [-0.4, -0.2) is 5.97 Å². The lowest BCUT2D eigenvalue weighted by atomic mass is 10.2. The van der Waals surface area contributed by atoms with Gasteiger partial charge in [-0.1, -0.05) is 40.9 Å². The molecule has 0 saturated heterocycles. The maximum atomic E-state index is 13.3. The smallest absolute Gasteiger partial charge is 0.338 e. The summed E-state index contributed by atoms with van der Waals surface area (Å²) in [5, 5.41) is 0.330. The predicted molar refractivity (Wildman–Crippen MR) is 81.4 cm³/mol. The third kappa shape index (κ3) is 3.79. The molecule has 2 N–H and O–H groups in total. The van der Waals surface area contributed by atoms with Crippen LogP contribution in [0.3, 0.4) is 0 Å². The summed E-state index contributed by atoms with van der Waals surface area (Å²) < 4.78 is 18.3. The number of anilines is 1. The number of ether oxygens (including phenoxy) is 1. The summed E-state index contributed by atoms with van der Waals surface area (Å²) >= 11 is 17.2. The van der Waals surface area contributed by atoms with Crippen molar-refractivity contribution in [2.24, 2.45) is 0 Å². The number of nitrogens with two attached hydrogens (primary N) is 1. The molecule has 0 amide bonds. The maximum absolute atomic E-state index is 13.3. The van der Waals surface area contributed by atoms with E-state index in [1.54, 1.807) is 6.07 Å². The van der Waals surface area contributed by atoms with Gasteiger partial charge in [-0.15, -0.1) is 0 Å². The van der Waals surface area contributed by atoms with Crippen LogP contribution in [0.1, 0.15) is 15.9 Å². The van der Waals surface area contributed by atoms with Crippen molar-refractivity contribution in [3.8, 4) is 0 Å². The van der Waals surface area contributed by atoms with E-state index >= 15 is 0 Å². The molecule has 2 rings (SSSR count). The first-order valence-corrected chi connectivity index (χ1v) is 6.87. The van der Waals surface area contributed by atoms with Crippen LogP contribution >= 0.6 is 34.8 Å². The molecular formula is C14H9Cl3FNO2. The van der Waals surface area contributed by atoms with Crippen molar-refractivity contribution < 1.29 is 13.9 Å². The summed E-state index contributed by atoms with van der Waals surface area (Å²) in [6.07, 6.45) is 0. The second-order valence-electron chi connectivity index (χ2n) is 4.19. The Balaban J connectivity index is 2.10. The van der Waals surface area contributed by atoms with Crippen molar-refractivity contribution in [2.75, 3.05) is 5.73 Å². The normalized spacial score (nSPS) is 10.5. The van der Waals surface area contributed by atoms with Crippen molar-refractivity contribution in [1.82, 2.24) is 0 Å². The molecule has 0 atom stereocenters. The molecule has 0 radical (unpaired) electrons. The average Bonchev–Trinajstić information content (AvgIpc) is 2.45. The van der Waals surface area contributed by atoms with Crippen molar-refractivity contribution in [1.29, 1.82) is 0 Å². The Morgan fingerprint density at radius 2 is 1.86 bits per heavy atom. The maximum Gasteiger partial charge on any atom is 0.338 e. The standard InChI is InChI=1S/C14H9Cl3FNO2/c15-9-2-1-7(3-11(9)18)6-21-14(20)8-4-10(16)13(17)12(19)5-8/h1-5H,6,19H2. The highest BCUT2D eigenvalue weighted by Crippen LogP contribution is 2.29. The molecule has 0 aliphatic rings. The largest absolute Gasteiger partial charge is 0.457 e. The van der Waals surface area contributed by atoms with Gasteiger partial charge in [-0.05, 0) is 29.8 Å². The zero-order chi connectivity index (χ0) is 15.6. The van der Waals surface area contributed by atoms with E-state index in [4.69, 9.17) is 45.3 Å². The van der Waals surface area contributed by atoms with Gasteiger partial charge in [0, 0.05) is 0 Å². The second kappa shape index (κ2) is 6.52. The molecule has 110 valence electrons. The number of carbonyl (C=O) groups is 1. The van der Waals surface area contributed by atoms with Gasteiger partial charge in [0.15, 0.2) is 0 Å². The Morgan fingerprint density at radius 1 is 1.14 bits per heavy atom. The van der Waals surface area contributed by atoms with Gasteiger partial charge >= 0.3 is 5.97 Å². The van der Waals surface area contributed by atoms with Crippen LogP contribution in [0.4, 0.5) is 10.1 Å². The third-order valence-corrected chi connectivity index (χ3v) is 3.77. The van der Waals surface area contributed by atoms with Gasteiger partial charge < -0.3 is 10.5 Å². The Kier molecular flexibility index (Phi) is 4.93. The topological polar surface area (TPSA) is 52.3 Å². The lowest BCUT2D eigenvalue weighted by molar-refractivity contribution is 0.0472. The predicted octanol–water partition coefficient (Wildman–Crippen LogP) is 4.73. The molecule has 0 aliphatic heterocycles. The van der Waals surface area contributed by atoms with Crippen LogP contribution in [0.15, 0.2) is 30.3 Å². The van der Waals surface area contributed by atoms with E-state index < -0.39 is 11.8 Å². The highest BCUT2D eigenvalue weighted by molar-refractivity contribution is 6.43. The molecule has 0 aliphatic carbocycles.